The number of thiophene rings is 1. The molecule has 0 radical (unpaired) electrons. The van der Waals surface area contributed by atoms with Crippen molar-refractivity contribution in [2.24, 2.45) is 0 Å². The maximum absolute atomic E-state index is 12.6. The molecule has 102 valence electrons. The number of nitrogens with zero attached hydrogens (tertiary/aromatic N) is 1. The lowest BCUT2D eigenvalue weighted by Gasteiger charge is -2.21. The number of furan rings is 1. The van der Waals surface area contributed by atoms with Crippen molar-refractivity contribution in [1.82, 2.24) is 4.31 Å². The fourth-order valence-corrected chi connectivity index (χ4v) is 5.62. The molecule has 0 bridgehead atoms. The Morgan fingerprint density at radius 2 is 2.21 bits per heavy atom. The third kappa shape index (κ3) is 2.33. The highest BCUT2D eigenvalue weighted by Gasteiger charge is 2.38. The molecule has 0 aromatic carbocycles. The van der Waals surface area contributed by atoms with Crippen LogP contribution in [0.5, 0.6) is 0 Å². The lowest BCUT2D eigenvalue weighted by molar-refractivity contribution is 0.340. The first-order chi connectivity index (χ1) is 9.09. The lowest BCUT2D eigenvalue weighted by atomic mass is 10.2. The van der Waals surface area contributed by atoms with E-state index in [4.69, 9.17) is 16.0 Å². The molecule has 0 aliphatic carbocycles. The number of hydrogen-bond acceptors (Lipinski definition) is 4. The highest BCUT2D eigenvalue weighted by Crippen LogP contribution is 2.38. The summed E-state index contributed by atoms with van der Waals surface area (Å²) in [5.41, 5.74) is 0. The summed E-state index contributed by atoms with van der Waals surface area (Å²) in [5, 5.41) is 0. The fourth-order valence-electron chi connectivity index (χ4n) is 2.34. The summed E-state index contributed by atoms with van der Waals surface area (Å²) < 4.78 is 32.8. The Balaban J connectivity index is 1.96. The average Bonchev–Trinajstić information content (AvgIpc) is 3.09. The Bertz CT molecular complexity index is 663. The zero-order chi connectivity index (χ0) is 13.5. The van der Waals surface area contributed by atoms with Crippen LogP contribution in [0.4, 0.5) is 0 Å². The summed E-state index contributed by atoms with van der Waals surface area (Å²) in [7, 11) is -3.49. The summed E-state index contributed by atoms with van der Waals surface area (Å²) in [5.74, 6) is 0.698. The van der Waals surface area contributed by atoms with Gasteiger partial charge in [-0.25, -0.2) is 8.42 Å². The van der Waals surface area contributed by atoms with E-state index >= 15 is 0 Å². The van der Waals surface area contributed by atoms with Crippen molar-refractivity contribution in [2.45, 2.75) is 23.1 Å². The summed E-state index contributed by atoms with van der Waals surface area (Å²) >= 11 is 6.91. The Hall–Kier alpha value is -0.820. The van der Waals surface area contributed by atoms with Crippen molar-refractivity contribution in [1.29, 1.82) is 0 Å². The zero-order valence-corrected chi connectivity index (χ0v) is 12.3. The molecule has 0 N–H and O–H groups in total. The van der Waals surface area contributed by atoms with E-state index in [9.17, 15) is 8.42 Å². The molecule has 0 amide bonds. The minimum atomic E-state index is -3.49. The van der Waals surface area contributed by atoms with Gasteiger partial charge in [0.15, 0.2) is 0 Å². The summed E-state index contributed by atoms with van der Waals surface area (Å²) in [4.78, 5) is 0. The molecule has 7 heteroatoms. The predicted octanol–water partition coefficient (Wildman–Crippen LogP) is 3.52. The first-order valence-electron chi connectivity index (χ1n) is 5.89. The molecule has 0 saturated carbocycles. The summed E-state index contributed by atoms with van der Waals surface area (Å²) in [6.45, 7) is 0.517. The summed E-state index contributed by atoms with van der Waals surface area (Å²) in [6.07, 6.45) is 3.19. The van der Waals surface area contributed by atoms with Crippen LogP contribution in [0.1, 0.15) is 24.6 Å². The van der Waals surface area contributed by atoms with E-state index in [1.807, 2.05) is 6.07 Å². The third-order valence-corrected chi connectivity index (χ3v) is 6.79. The van der Waals surface area contributed by atoms with Crippen LogP contribution in [0, 0.1) is 0 Å². The highest BCUT2D eigenvalue weighted by atomic mass is 35.5. The highest BCUT2D eigenvalue weighted by molar-refractivity contribution is 7.91. The minimum absolute atomic E-state index is 0.208. The monoisotopic (exact) mass is 317 g/mol. The standard InChI is InChI=1S/C12H12ClNO3S2/c13-11-5-6-12(18-11)19(15,16)14-7-1-3-9(14)10-4-2-8-17-10/h2,4-6,8-9H,1,3,7H2. The van der Waals surface area contributed by atoms with Gasteiger partial charge < -0.3 is 4.42 Å². The molecule has 4 nitrogen and oxygen atoms in total. The maximum Gasteiger partial charge on any atom is 0.253 e. The molecular formula is C12H12ClNO3S2. The quantitative estimate of drug-likeness (QED) is 0.870. The molecule has 1 aliphatic rings. The number of hydrogen-bond donors (Lipinski definition) is 0. The molecule has 0 spiro atoms. The van der Waals surface area contributed by atoms with Gasteiger partial charge in [0.1, 0.15) is 9.97 Å². The van der Waals surface area contributed by atoms with Crippen LogP contribution in [-0.2, 0) is 10.0 Å². The predicted molar refractivity (Wildman–Crippen MR) is 73.9 cm³/mol. The first-order valence-corrected chi connectivity index (χ1v) is 8.53. The van der Waals surface area contributed by atoms with Gasteiger partial charge in [-0.2, -0.15) is 4.31 Å². The Labute approximate surface area is 120 Å². The topological polar surface area (TPSA) is 50.5 Å². The molecule has 3 heterocycles. The Morgan fingerprint density at radius 3 is 2.84 bits per heavy atom. The van der Waals surface area contributed by atoms with Crippen LogP contribution in [0.3, 0.4) is 0 Å². The minimum Gasteiger partial charge on any atom is -0.468 e. The van der Waals surface area contributed by atoms with Gasteiger partial charge in [0.05, 0.1) is 16.6 Å². The van der Waals surface area contributed by atoms with Crippen molar-refractivity contribution in [2.75, 3.05) is 6.54 Å². The van der Waals surface area contributed by atoms with Gasteiger partial charge in [-0.15, -0.1) is 11.3 Å². The van der Waals surface area contributed by atoms with Crippen LogP contribution in [0.15, 0.2) is 39.2 Å². The molecule has 3 rings (SSSR count). The maximum atomic E-state index is 12.6. The van der Waals surface area contributed by atoms with E-state index in [1.165, 1.54) is 4.31 Å². The smallest absolute Gasteiger partial charge is 0.253 e. The van der Waals surface area contributed by atoms with Crippen LogP contribution < -0.4 is 0 Å². The molecule has 1 atom stereocenters. The second-order valence-corrected chi connectivity index (χ2v) is 8.18. The Morgan fingerprint density at radius 1 is 1.37 bits per heavy atom. The zero-order valence-electron chi connectivity index (χ0n) is 9.95. The van der Waals surface area contributed by atoms with Gasteiger partial charge in [-0.05, 0) is 37.1 Å². The first kappa shape index (κ1) is 13.2. The van der Waals surface area contributed by atoms with E-state index in [1.54, 1.807) is 24.5 Å². The second kappa shape index (κ2) is 4.94. The van der Waals surface area contributed by atoms with Crippen molar-refractivity contribution in [3.63, 3.8) is 0 Å². The van der Waals surface area contributed by atoms with E-state index in [-0.39, 0.29) is 10.3 Å². The Kier molecular flexibility index (Phi) is 3.42. The molecular weight excluding hydrogens is 306 g/mol. The molecule has 1 saturated heterocycles. The normalized spacial score (nSPS) is 21.0. The SMILES string of the molecule is O=S(=O)(c1ccc(Cl)s1)N1CCCC1c1ccco1. The lowest BCUT2D eigenvalue weighted by Crippen LogP contribution is -2.29. The number of rotatable bonds is 3. The van der Waals surface area contributed by atoms with Crippen LogP contribution in [0.2, 0.25) is 4.34 Å². The molecule has 2 aromatic heterocycles. The van der Waals surface area contributed by atoms with Gasteiger partial charge in [0.2, 0.25) is 0 Å². The van der Waals surface area contributed by atoms with Gasteiger partial charge in [0.25, 0.3) is 10.0 Å². The largest absolute Gasteiger partial charge is 0.468 e. The van der Waals surface area contributed by atoms with E-state index in [0.29, 0.717) is 16.6 Å². The second-order valence-electron chi connectivity index (χ2n) is 4.35. The van der Waals surface area contributed by atoms with Crippen molar-refractivity contribution < 1.29 is 12.8 Å². The van der Waals surface area contributed by atoms with Crippen molar-refractivity contribution in [3.05, 3.63) is 40.6 Å². The molecule has 1 fully saturated rings. The van der Waals surface area contributed by atoms with Gasteiger partial charge in [0, 0.05) is 6.54 Å². The van der Waals surface area contributed by atoms with Gasteiger partial charge in [-0.3, -0.25) is 0 Å². The fraction of sp³-hybridized carbons (Fsp3) is 0.333. The average molecular weight is 318 g/mol. The third-order valence-electron chi connectivity index (χ3n) is 3.19. The van der Waals surface area contributed by atoms with Crippen molar-refractivity contribution in [3.8, 4) is 0 Å². The van der Waals surface area contributed by atoms with E-state index in [2.05, 4.69) is 0 Å². The number of halogens is 1. The van der Waals surface area contributed by atoms with Gasteiger partial charge >= 0.3 is 0 Å². The molecule has 1 unspecified atom stereocenters. The van der Waals surface area contributed by atoms with Gasteiger partial charge in [-0.1, -0.05) is 11.6 Å². The molecule has 1 aliphatic heterocycles. The molecule has 2 aromatic rings. The van der Waals surface area contributed by atoms with E-state index < -0.39 is 10.0 Å². The van der Waals surface area contributed by atoms with Crippen molar-refractivity contribution >= 4 is 33.0 Å². The number of sulfonamides is 1. The van der Waals surface area contributed by atoms with Crippen LogP contribution >= 0.6 is 22.9 Å². The van der Waals surface area contributed by atoms with E-state index in [0.717, 1.165) is 24.2 Å². The van der Waals surface area contributed by atoms with Crippen LogP contribution in [0.25, 0.3) is 0 Å². The molecule has 19 heavy (non-hydrogen) atoms. The van der Waals surface area contributed by atoms with Crippen LogP contribution in [-0.4, -0.2) is 19.3 Å². The summed E-state index contributed by atoms with van der Waals surface area (Å²) in [6, 6.07) is 6.55.